The molecule has 10 heteroatoms. The number of rotatable bonds is 5. The van der Waals surface area contributed by atoms with Crippen LogP contribution in [-0.4, -0.2) is 34.5 Å². The number of benzene rings is 2. The van der Waals surface area contributed by atoms with Gasteiger partial charge < -0.3 is 9.88 Å². The Hall–Kier alpha value is -3.23. The fourth-order valence-electron chi connectivity index (χ4n) is 3.51. The summed E-state index contributed by atoms with van der Waals surface area (Å²) in [6.07, 6.45) is 0.456. The van der Waals surface area contributed by atoms with Crippen molar-refractivity contribution in [2.45, 2.75) is 13.0 Å². The minimum absolute atomic E-state index is 0.456. The van der Waals surface area contributed by atoms with Gasteiger partial charge in [0.2, 0.25) is 0 Å². The van der Waals surface area contributed by atoms with Crippen LogP contribution in [0.4, 0.5) is 5.82 Å². The van der Waals surface area contributed by atoms with Crippen LogP contribution in [-0.2, 0) is 27.1 Å². The fourth-order valence-corrected chi connectivity index (χ4v) is 3.99. The van der Waals surface area contributed by atoms with Crippen molar-refractivity contribution in [1.82, 2.24) is 34.5 Å². The van der Waals surface area contributed by atoms with Crippen LogP contribution in [0.3, 0.4) is 0 Å². The zero-order valence-electron chi connectivity index (χ0n) is 16.8. The molecule has 0 radical (unpaired) electrons. The summed E-state index contributed by atoms with van der Waals surface area (Å²) in [6, 6.07) is 13.4. The van der Waals surface area contributed by atoms with E-state index in [1.54, 1.807) is 23.9 Å². The van der Waals surface area contributed by atoms with Gasteiger partial charge in [0, 0.05) is 30.6 Å². The highest BCUT2D eigenvalue weighted by molar-refractivity contribution is 6.35. The van der Waals surface area contributed by atoms with E-state index in [-0.39, 0.29) is 0 Å². The van der Waals surface area contributed by atoms with E-state index in [0.29, 0.717) is 45.8 Å². The van der Waals surface area contributed by atoms with Gasteiger partial charge in [0.15, 0.2) is 17.0 Å². The number of anilines is 1. The second-order valence-corrected chi connectivity index (χ2v) is 8.06. The van der Waals surface area contributed by atoms with E-state index in [2.05, 4.69) is 25.2 Å². The van der Waals surface area contributed by atoms with Gasteiger partial charge in [0.1, 0.15) is 11.6 Å². The minimum Gasteiger partial charge on any atom is -0.361 e. The number of nitrogens with one attached hydrogen (secondary N) is 1. The molecule has 0 aliphatic rings. The van der Waals surface area contributed by atoms with E-state index >= 15 is 0 Å². The largest absolute Gasteiger partial charge is 0.361 e. The predicted octanol–water partition coefficient (Wildman–Crippen LogP) is 4.15. The Bertz CT molecular complexity index is 1420. The molecule has 1 N–H and O–H groups in total. The summed E-state index contributed by atoms with van der Waals surface area (Å²) in [7, 11) is 3.80. The third-order valence-corrected chi connectivity index (χ3v) is 5.74. The Morgan fingerprint density at radius 1 is 1.00 bits per heavy atom. The summed E-state index contributed by atoms with van der Waals surface area (Å²) in [5, 5.41) is 12.9. The molecule has 3 heterocycles. The average Bonchev–Trinajstić information content (AvgIpc) is 3.29. The molecular weight excluding hydrogens is 435 g/mol. The molecule has 8 nitrogen and oxygen atoms in total. The first-order chi connectivity index (χ1) is 15.0. The molecule has 0 atom stereocenters. The molecule has 0 spiro atoms. The van der Waals surface area contributed by atoms with Gasteiger partial charge in [-0.05, 0) is 29.8 Å². The number of para-hydroxylation sites is 2. The number of halogens is 2. The molecule has 156 valence electrons. The highest BCUT2D eigenvalue weighted by Gasteiger charge is 2.16. The summed E-state index contributed by atoms with van der Waals surface area (Å²) in [6.45, 7) is 0.481. The lowest BCUT2D eigenvalue weighted by Crippen LogP contribution is -2.10. The molecule has 2 aromatic carbocycles. The standard InChI is InChI=1S/C21H18Cl2N8/c1-30-16-6-4-3-5-15(16)25-18(30)11-24-20-19-21(31(2)29-28-19)27-17(26-20)9-12-7-8-13(22)10-14(12)23/h3-8,10H,9,11H2,1-2H3,(H,24,26,27). The molecule has 5 rings (SSSR count). The molecule has 0 fully saturated rings. The molecule has 31 heavy (non-hydrogen) atoms. The second-order valence-electron chi connectivity index (χ2n) is 7.22. The maximum atomic E-state index is 6.35. The fraction of sp³-hybridized carbons (Fsp3) is 0.190. The van der Waals surface area contributed by atoms with E-state index in [1.807, 2.05) is 37.4 Å². The number of hydrogen-bond donors (Lipinski definition) is 1. The summed E-state index contributed by atoms with van der Waals surface area (Å²) in [5.41, 5.74) is 4.16. The molecule has 0 amide bonds. The van der Waals surface area contributed by atoms with E-state index in [4.69, 9.17) is 33.2 Å². The monoisotopic (exact) mass is 452 g/mol. The zero-order valence-corrected chi connectivity index (χ0v) is 18.4. The van der Waals surface area contributed by atoms with Crippen molar-refractivity contribution in [1.29, 1.82) is 0 Å². The van der Waals surface area contributed by atoms with Crippen LogP contribution in [0, 0.1) is 0 Å². The lowest BCUT2D eigenvalue weighted by atomic mass is 10.1. The zero-order chi connectivity index (χ0) is 21.5. The minimum atomic E-state index is 0.456. The lowest BCUT2D eigenvalue weighted by Gasteiger charge is -2.09. The highest BCUT2D eigenvalue weighted by atomic mass is 35.5. The van der Waals surface area contributed by atoms with Crippen LogP contribution >= 0.6 is 23.2 Å². The molecule has 0 bridgehead atoms. The quantitative estimate of drug-likeness (QED) is 0.430. The Morgan fingerprint density at radius 2 is 1.84 bits per heavy atom. The lowest BCUT2D eigenvalue weighted by molar-refractivity contribution is 0.728. The number of fused-ring (bicyclic) bond motifs is 2. The van der Waals surface area contributed by atoms with Crippen molar-refractivity contribution in [2.75, 3.05) is 5.32 Å². The van der Waals surface area contributed by atoms with E-state index < -0.39 is 0 Å². The van der Waals surface area contributed by atoms with Gasteiger partial charge in [-0.1, -0.05) is 46.6 Å². The van der Waals surface area contributed by atoms with Gasteiger partial charge in [-0.25, -0.2) is 19.6 Å². The maximum Gasteiger partial charge on any atom is 0.183 e. The smallest absolute Gasteiger partial charge is 0.183 e. The maximum absolute atomic E-state index is 6.35. The Morgan fingerprint density at radius 3 is 2.65 bits per heavy atom. The van der Waals surface area contributed by atoms with Gasteiger partial charge in [0.05, 0.1) is 17.6 Å². The Labute approximate surface area is 187 Å². The molecule has 0 aliphatic heterocycles. The van der Waals surface area contributed by atoms with E-state index in [0.717, 1.165) is 22.4 Å². The van der Waals surface area contributed by atoms with Gasteiger partial charge in [-0.3, -0.25) is 0 Å². The van der Waals surface area contributed by atoms with Crippen LogP contribution in [0.25, 0.3) is 22.2 Å². The normalized spacial score (nSPS) is 11.5. The number of imidazole rings is 1. The van der Waals surface area contributed by atoms with Crippen molar-refractivity contribution in [2.24, 2.45) is 14.1 Å². The van der Waals surface area contributed by atoms with Gasteiger partial charge in [-0.2, -0.15) is 0 Å². The van der Waals surface area contributed by atoms with E-state index in [9.17, 15) is 0 Å². The molecule has 0 saturated heterocycles. The first-order valence-electron chi connectivity index (χ1n) is 9.64. The predicted molar refractivity (Wildman–Crippen MR) is 121 cm³/mol. The molecule has 3 aromatic heterocycles. The SMILES string of the molecule is Cn1nnc2c(NCc3nc4ccccc4n3C)nc(Cc3ccc(Cl)cc3Cl)nc21. The average molecular weight is 453 g/mol. The van der Waals surface area contributed by atoms with Crippen molar-refractivity contribution in [3.63, 3.8) is 0 Å². The highest BCUT2D eigenvalue weighted by Crippen LogP contribution is 2.25. The van der Waals surface area contributed by atoms with Crippen molar-refractivity contribution in [3.05, 3.63) is 69.7 Å². The molecule has 0 unspecified atom stereocenters. The van der Waals surface area contributed by atoms with Crippen molar-refractivity contribution < 1.29 is 0 Å². The van der Waals surface area contributed by atoms with Gasteiger partial charge >= 0.3 is 0 Å². The van der Waals surface area contributed by atoms with Crippen LogP contribution in [0.2, 0.25) is 10.0 Å². The van der Waals surface area contributed by atoms with Crippen LogP contribution in [0.5, 0.6) is 0 Å². The van der Waals surface area contributed by atoms with Crippen LogP contribution < -0.4 is 5.32 Å². The third-order valence-electron chi connectivity index (χ3n) is 5.15. The summed E-state index contributed by atoms with van der Waals surface area (Å²) in [4.78, 5) is 14.0. The molecular formula is C21H18Cl2N8. The first-order valence-corrected chi connectivity index (χ1v) is 10.4. The van der Waals surface area contributed by atoms with Gasteiger partial charge in [0.25, 0.3) is 0 Å². The van der Waals surface area contributed by atoms with Crippen LogP contribution in [0.1, 0.15) is 17.2 Å². The van der Waals surface area contributed by atoms with Crippen molar-refractivity contribution in [3.8, 4) is 0 Å². The molecule has 0 saturated carbocycles. The number of hydrogen-bond acceptors (Lipinski definition) is 6. The number of nitrogens with zero attached hydrogens (tertiary/aromatic N) is 7. The number of aromatic nitrogens is 7. The summed E-state index contributed by atoms with van der Waals surface area (Å²) < 4.78 is 3.69. The van der Waals surface area contributed by atoms with Crippen LogP contribution in [0.15, 0.2) is 42.5 Å². The molecule has 0 aliphatic carbocycles. The number of aryl methyl sites for hydroxylation is 2. The summed E-state index contributed by atoms with van der Waals surface area (Å²) >= 11 is 12.4. The van der Waals surface area contributed by atoms with Gasteiger partial charge in [-0.15, -0.1) is 5.10 Å². The third kappa shape index (κ3) is 3.68. The Kier molecular flexibility index (Phi) is 4.95. The second kappa shape index (κ2) is 7.79. The summed E-state index contributed by atoms with van der Waals surface area (Å²) in [5.74, 6) is 2.10. The first kappa shape index (κ1) is 19.7. The van der Waals surface area contributed by atoms with E-state index in [1.165, 1.54) is 0 Å². The van der Waals surface area contributed by atoms with Crippen molar-refractivity contribution >= 4 is 51.2 Å². The topological polar surface area (TPSA) is 86.3 Å². The molecule has 5 aromatic rings. The Balaban J connectivity index is 1.49.